The van der Waals surface area contributed by atoms with E-state index < -0.39 is 11.8 Å². The van der Waals surface area contributed by atoms with Gasteiger partial charge in [0.2, 0.25) is 0 Å². The monoisotopic (exact) mass is 194 g/mol. The summed E-state index contributed by atoms with van der Waals surface area (Å²) in [4.78, 5) is 21.1. The molecule has 0 aromatic heterocycles. The van der Waals surface area contributed by atoms with Gasteiger partial charge >= 0.3 is 5.97 Å². The van der Waals surface area contributed by atoms with Crippen molar-refractivity contribution in [1.29, 1.82) is 0 Å². The first-order valence-corrected chi connectivity index (χ1v) is 4.45. The van der Waals surface area contributed by atoms with Crippen LogP contribution >= 0.6 is 0 Å². The van der Waals surface area contributed by atoms with Gasteiger partial charge in [0, 0.05) is 5.56 Å². The maximum atomic E-state index is 10.9. The SMILES string of the molecule is CC.Cc1ccc(C(=O)C(=O)O)cc1. The van der Waals surface area contributed by atoms with E-state index in [1.165, 1.54) is 12.1 Å². The third-order valence-corrected chi connectivity index (χ3v) is 1.51. The molecule has 1 aromatic carbocycles. The van der Waals surface area contributed by atoms with E-state index in [1.54, 1.807) is 12.1 Å². The van der Waals surface area contributed by atoms with Crippen LogP contribution in [0.15, 0.2) is 24.3 Å². The number of Topliss-reactive ketones (excluding diaryl/α,β-unsaturated/α-hetero) is 1. The van der Waals surface area contributed by atoms with Gasteiger partial charge in [-0.15, -0.1) is 0 Å². The summed E-state index contributed by atoms with van der Waals surface area (Å²) in [5.74, 6) is -2.28. The molecule has 0 unspecified atom stereocenters. The fraction of sp³-hybridized carbons (Fsp3) is 0.273. The van der Waals surface area contributed by atoms with Gasteiger partial charge in [0.05, 0.1) is 0 Å². The summed E-state index contributed by atoms with van der Waals surface area (Å²) in [6, 6.07) is 6.42. The maximum Gasteiger partial charge on any atom is 0.377 e. The molecule has 3 heteroatoms. The second-order valence-corrected chi connectivity index (χ2v) is 2.50. The average Bonchev–Trinajstić information content (AvgIpc) is 2.21. The van der Waals surface area contributed by atoms with Crippen molar-refractivity contribution in [3.63, 3.8) is 0 Å². The summed E-state index contributed by atoms with van der Waals surface area (Å²) in [6.45, 7) is 5.87. The number of carboxylic acid groups (broad SMARTS) is 1. The molecule has 76 valence electrons. The van der Waals surface area contributed by atoms with E-state index in [2.05, 4.69) is 0 Å². The number of carboxylic acids is 1. The molecule has 0 bridgehead atoms. The minimum absolute atomic E-state index is 0.216. The zero-order chi connectivity index (χ0) is 11.1. The normalized spacial score (nSPS) is 8.50. The quantitative estimate of drug-likeness (QED) is 0.580. The summed E-state index contributed by atoms with van der Waals surface area (Å²) < 4.78 is 0. The minimum Gasteiger partial charge on any atom is -0.475 e. The fourth-order valence-corrected chi connectivity index (χ4v) is 0.828. The fourth-order valence-electron chi connectivity index (χ4n) is 0.828. The van der Waals surface area contributed by atoms with Crippen LogP contribution in [0.4, 0.5) is 0 Å². The molecule has 0 heterocycles. The van der Waals surface area contributed by atoms with E-state index in [1.807, 2.05) is 20.8 Å². The number of ketones is 1. The number of carbonyl (C=O) groups is 2. The third kappa shape index (κ3) is 3.39. The lowest BCUT2D eigenvalue weighted by Crippen LogP contribution is -2.12. The van der Waals surface area contributed by atoms with Crippen LogP contribution in [0.2, 0.25) is 0 Å². The summed E-state index contributed by atoms with van der Waals surface area (Å²) >= 11 is 0. The number of aryl methyl sites for hydroxylation is 1. The van der Waals surface area contributed by atoms with Crippen molar-refractivity contribution < 1.29 is 14.7 Å². The molecule has 0 fully saturated rings. The van der Waals surface area contributed by atoms with Crippen LogP contribution < -0.4 is 0 Å². The molecule has 3 nitrogen and oxygen atoms in total. The van der Waals surface area contributed by atoms with Crippen molar-refractivity contribution in [1.82, 2.24) is 0 Å². The highest BCUT2D eigenvalue weighted by Crippen LogP contribution is 2.03. The van der Waals surface area contributed by atoms with Gasteiger partial charge in [-0.05, 0) is 6.92 Å². The highest BCUT2D eigenvalue weighted by molar-refractivity contribution is 6.39. The molecule has 0 radical (unpaired) electrons. The second-order valence-electron chi connectivity index (χ2n) is 2.50. The summed E-state index contributed by atoms with van der Waals surface area (Å²) in [5.41, 5.74) is 1.21. The predicted octanol–water partition coefficient (Wildman–Crippen LogP) is 2.29. The minimum atomic E-state index is -1.42. The van der Waals surface area contributed by atoms with Gasteiger partial charge in [-0.25, -0.2) is 4.79 Å². The van der Waals surface area contributed by atoms with E-state index in [9.17, 15) is 9.59 Å². The Morgan fingerprint density at radius 2 is 1.50 bits per heavy atom. The largest absolute Gasteiger partial charge is 0.475 e. The Labute approximate surface area is 83.4 Å². The number of hydrogen-bond donors (Lipinski definition) is 1. The topological polar surface area (TPSA) is 54.4 Å². The Bertz CT molecular complexity index is 312. The molecule has 0 aliphatic heterocycles. The molecule has 0 saturated carbocycles. The lowest BCUT2D eigenvalue weighted by atomic mass is 10.1. The van der Waals surface area contributed by atoms with Gasteiger partial charge in [-0.2, -0.15) is 0 Å². The summed E-state index contributed by atoms with van der Waals surface area (Å²) in [7, 11) is 0. The zero-order valence-corrected chi connectivity index (χ0v) is 8.57. The van der Waals surface area contributed by atoms with Crippen molar-refractivity contribution >= 4 is 11.8 Å². The van der Waals surface area contributed by atoms with Crippen LogP contribution in [0, 0.1) is 6.92 Å². The van der Waals surface area contributed by atoms with Crippen molar-refractivity contribution in [3.8, 4) is 0 Å². The van der Waals surface area contributed by atoms with Crippen LogP contribution in [0.3, 0.4) is 0 Å². The highest BCUT2D eigenvalue weighted by Gasteiger charge is 2.12. The number of benzene rings is 1. The van der Waals surface area contributed by atoms with Gasteiger partial charge in [0.1, 0.15) is 0 Å². The molecule has 1 N–H and O–H groups in total. The van der Waals surface area contributed by atoms with E-state index in [0.717, 1.165) is 5.56 Å². The van der Waals surface area contributed by atoms with Crippen LogP contribution in [0.25, 0.3) is 0 Å². The van der Waals surface area contributed by atoms with Gasteiger partial charge in [0.15, 0.2) is 0 Å². The molecule has 0 aliphatic rings. The van der Waals surface area contributed by atoms with E-state index in [-0.39, 0.29) is 5.56 Å². The number of carbonyl (C=O) groups excluding carboxylic acids is 1. The van der Waals surface area contributed by atoms with Crippen LogP contribution in [-0.4, -0.2) is 16.9 Å². The Morgan fingerprint density at radius 3 is 1.86 bits per heavy atom. The third-order valence-electron chi connectivity index (χ3n) is 1.51. The van der Waals surface area contributed by atoms with Crippen molar-refractivity contribution in [3.05, 3.63) is 35.4 Å². The van der Waals surface area contributed by atoms with Crippen molar-refractivity contribution in [2.24, 2.45) is 0 Å². The Balaban J connectivity index is 0.000000791. The molecular formula is C11H14O3. The molecule has 0 aliphatic carbocycles. The van der Waals surface area contributed by atoms with Gasteiger partial charge in [0.25, 0.3) is 5.78 Å². The first kappa shape index (κ1) is 12.4. The molecule has 0 atom stereocenters. The van der Waals surface area contributed by atoms with Gasteiger partial charge in [-0.1, -0.05) is 43.7 Å². The maximum absolute atomic E-state index is 10.9. The molecule has 1 rings (SSSR count). The second kappa shape index (κ2) is 5.91. The predicted molar refractivity (Wildman–Crippen MR) is 54.5 cm³/mol. The Morgan fingerprint density at radius 1 is 1.07 bits per heavy atom. The number of rotatable bonds is 2. The molecule has 0 spiro atoms. The molecule has 14 heavy (non-hydrogen) atoms. The van der Waals surface area contributed by atoms with E-state index in [0.29, 0.717) is 0 Å². The zero-order valence-electron chi connectivity index (χ0n) is 8.57. The van der Waals surface area contributed by atoms with E-state index in [4.69, 9.17) is 5.11 Å². The van der Waals surface area contributed by atoms with E-state index >= 15 is 0 Å². The van der Waals surface area contributed by atoms with Crippen LogP contribution in [0.1, 0.15) is 29.8 Å². The molecule has 0 saturated heterocycles. The first-order valence-electron chi connectivity index (χ1n) is 4.45. The molecule has 1 aromatic rings. The van der Waals surface area contributed by atoms with Crippen LogP contribution in [0.5, 0.6) is 0 Å². The van der Waals surface area contributed by atoms with Crippen molar-refractivity contribution in [2.45, 2.75) is 20.8 Å². The summed E-state index contributed by atoms with van der Waals surface area (Å²) in [6.07, 6.45) is 0. The first-order chi connectivity index (χ1) is 6.61. The van der Waals surface area contributed by atoms with Crippen LogP contribution in [-0.2, 0) is 4.79 Å². The Kier molecular flexibility index (Phi) is 5.22. The lowest BCUT2D eigenvalue weighted by Gasteiger charge is -1.95. The average molecular weight is 194 g/mol. The van der Waals surface area contributed by atoms with Gasteiger partial charge in [-0.3, -0.25) is 4.79 Å². The standard InChI is InChI=1S/C9H8O3.C2H6/c1-6-2-4-7(5-3-6)8(10)9(11)12;1-2/h2-5H,1H3,(H,11,12);1-2H3. The number of aliphatic carboxylic acids is 1. The lowest BCUT2D eigenvalue weighted by molar-refractivity contribution is -0.131. The Hall–Kier alpha value is -1.64. The molecule has 0 amide bonds. The van der Waals surface area contributed by atoms with Gasteiger partial charge < -0.3 is 5.11 Å². The smallest absolute Gasteiger partial charge is 0.377 e. The van der Waals surface area contributed by atoms with Crippen molar-refractivity contribution in [2.75, 3.05) is 0 Å². The highest BCUT2D eigenvalue weighted by atomic mass is 16.4. The number of hydrogen-bond acceptors (Lipinski definition) is 2. The molecular weight excluding hydrogens is 180 g/mol. The summed E-state index contributed by atoms with van der Waals surface area (Å²) in [5, 5.41) is 8.36.